The second kappa shape index (κ2) is 9.93. The molecule has 0 radical (unpaired) electrons. The van der Waals surface area contributed by atoms with Gasteiger partial charge in [0.2, 0.25) is 5.91 Å². The van der Waals surface area contributed by atoms with Crippen molar-refractivity contribution < 1.29 is 9.53 Å². The smallest absolute Gasteiger partial charge is 0.338 e. The highest BCUT2D eigenvalue weighted by atomic mass is 35.5. The maximum Gasteiger partial charge on any atom is 0.338 e. The van der Waals surface area contributed by atoms with Gasteiger partial charge in [0.25, 0.3) is 0 Å². The first-order valence-electron chi connectivity index (χ1n) is 11.1. The lowest BCUT2D eigenvalue weighted by Crippen LogP contribution is -2.22. The van der Waals surface area contributed by atoms with Crippen LogP contribution in [0.15, 0.2) is 109 Å². The molecule has 5 rings (SSSR count). The highest BCUT2D eigenvalue weighted by Crippen LogP contribution is 2.24. The van der Waals surface area contributed by atoms with E-state index >= 15 is 0 Å². The average molecular weight is 497 g/mol. The molecule has 2 heterocycles. The van der Waals surface area contributed by atoms with E-state index in [4.69, 9.17) is 16.3 Å². The predicted molar refractivity (Wildman–Crippen MR) is 141 cm³/mol. The molecule has 0 bridgehead atoms. The molecule has 5 aromatic rings. The lowest BCUT2D eigenvalue weighted by Gasteiger charge is -2.08. The summed E-state index contributed by atoms with van der Waals surface area (Å²) in [6, 6.07) is 23.6. The Morgan fingerprint density at radius 1 is 0.972 bits per heavy atom. The van der Waals surface area contributed by atoms with E-state index < -0.39 is 0 Å². The van der Waals surface area contributed by atoms with E-state index in [0.717, 1.165) is 5.56 Å². The fraction of sp³-hybridized carbons (Fsp3) is 0.0357. The predicted octanol–water partition coefficient (Wildman–Crippen LogP) is 5.53. The fourth-order valence-electron chi connectivity index (χ4n) is 3.95. The van der Waals surface area contributed by atoms with E-state index in [1.807, 2.05) is 54.6 Å². The van der Waals surface area contributed by atoms with Crippen LogP contribution >= 0.6 is 11.6 Å². The number of ether oxygens (including phenoxy) is 1. The second-order valence-electron chi connectivity index (χ2n) is 7.97. The number of aromatic nitrogens is 3. The molecule has 7 nitrogen and oxygen atoms in total. The summed E-state index contributed by atoms with van der Waals surface area (Å²) in [4.78, 5) is 29.6. The first-order chi connectivity index (χ1) is 17.5. The van der Waals surface area contributed by atoms with Gasteiger partial charge in [0, 0.05) is 16.9 Å². The van der Waals surface area contributed by atoms with Gasteiger partial charge in [-0.05, 0) is 72.3 Å². The molecule has 0 saturated heterocycles. The molecular weight excluding hydrogens is 476 g/mol. The molecule has 0 unspecified atom stereocenters. The van der Waals surface area contributed by atoms with Crippen molar-refractivity contribution in [1.29, 1.82) is 0 Å². The lowest BCUT2D eigenvalue weighted by molar-refractivity contribution is -0.111. The van der Waals surface area contributed by atoms with Crippen molar-refractivity contribution >= 4 is 34.2 Å². The van der Waals surface area contributed by atoms with Gasteiger partial charge in [-0.1, -0.05) is 36.4 Å². The molecule has 1 N–H and O–H groups in total. The van der Waals surface area contributed by atoms with E-state index in [0.29, 0.717) is 45.5 Å². The van der Waals surface area contributed by atoms with Gasteiger partial charge >= 0.3 is 5.69 Å². The molecule has 0 aliphatic heterocycles. The zero-order valence-electron chi connectivity index (χ0n) is 19.1. The Kier molecular flexibility index (Phi) is 6.38. The Morgan fingerprint density at radius 2 is 1.75 bits per heavy atom. The van der Waals surface area contributed by atoms with Gasteiger partial charge in [-0.2, -0.15) is 0 Å². The second-order valence-corrected chi connectivity index (χ2v) is 8.41. The quantitative estimate of drug-likeness (QED) is 0.300. The summed E-state index contributed by atoms with van der Waals surface area (Å²) in [5.74, 6) is 0.336. The maximum atomic E-state index is 13.7. The lowest BCUT2D eigenvalue weighted by atomic mass is 10.2. The summed E-state index contributed by atoms with van der Waals surface area (Å²) in [5.41, 5.74) is 3.86. The number of fused-ring (bicyclic) bond motifs is 1. The van der Waals surface area contributed by atoms with Crippen LogP contribution in [0.25, 0.3) is 22.4 Å². The fourth-order valence-corrected chi connectivity index (χ4v) is 4.16. The van der Waals surface area contributed by atoms with Crippen molar-refractivity contribution in [1.82, 2.24) is 14.1 Å². The van der Waals surface area contributed by atoms with Crippen molar-refractivity contribution in [3.8, 4) is 17.1 Å². The highest BCUT2D eigenvalue weighted by Gasteiger charge is 2.16. The first kappa shape index (κ1) is 23.1. The van der Waals surface area contributed by atoms with Crippen LogP contribution in [0.5, 0.6) is 5.75 Å². The maximum absolute atomic E-state index is 13.7. The van der Waals surface area contributed by atoms with Crippen LogP contribution in [-0.4, -0.2) is 20.0 Å². The summed E-state index contributed by atoms with van der Waals surface area (Å²) in [5, 5.41) is 3.38. The molecule has 3 aromatic carbocycles. The minimum absolute atomic E-state index is 0.266. The summed E-state index contributed by atoms with van der Waals surface area (Å²) in [6.45, 7) is 3.85. The van der Waals surface area contributed by atoms with Crippen LogP contribution in [0.3, 0.4) is 0 Å². The van der Waals surface area contributed by atoms with Gasteiger partial charge in [0.05, 0.1) is 28.6 Å². The van der Waals surface area contributed by atoms with E-state index in [9.17, 15) is 9.59 Å². The third-order valence-electron chi connectivity index (χ3n) is 5.59. The molecule has 0 fully saturated rings. The number of nitrogens with zero attached hydrogens (tertiary/aromatic N) is 3. The Hall–Kier alpha value is -4.62. The average Bonchev–Trinajstić information content (AvgIpc) is 3.19. The largest absolute Gasteiger partial charge is 0.489 e. The van der Waals surface area contributed by atoms with Gasteiger partial charge in [-0.25, -0.2) is 4.79 Å². The SMILES string of the molecule is C=CC(=O)Nc1cccc(-n2c(=O)n(-c3ccc(OCc4cccc(Cl)c4)cc3)c3cnccc32)c1. The van der Waals surface area contributed by atoms with E-state index in [1.54, 1.807) is 45.8 Å². The molecule has 36 heavy (non-hydrogen) atoms. The van der Waals surface area contributed by atoms with Crippen molar-refractivity contribution in [2.24, 2.45) is 0 Å². The van der Waals surface area contributed by atoms with Gasteiger partial charge in [0.1, 0.15) is 12.4 Å². The number of benzene rings is 3. The van der Waals surface area contributed by atoms with Gasteiger partial charge in [-0.15, -0.1) is 0 Å². The van der Waals surface area contributed by atoms with Gasteiger partial charge in [-0.3, -0.25) is 18.9 Å². The molecule has 0 aliphatic carbocycles. The van der Waals surface area contributed by atoms with Crippen molar-refractivity contribution in [3.63, 3.8) is 0 Å². The molecule has 2 aromatic heterocycles. The molecule has 0 aliphatic rings. The van der Waals surface area contributed by atoms with Gasteiger partial charge < -0.3 is 10.1 Å². The van der Waals surface area contributed by atoms with Crippen LogP contribution in [-0.2, 0) is 11.4 Å². The zero-order valence-corrected chi connectivity index (χ0v) is 19.9. The Labute approximate surface area is 211 Å². The molecule has 8 heteroatoms. The number of nitrogens with one attached hydrogen (secondary N) is 1. The third kappa shape index (κ3) is 4.64. The molecule has 1 amide bonds. The van der Waals surface area contributed by atoms with Crippen molar-refractivity contribution in [2.45, 2.75) is 6.61 Å². The van der Waals surface area contributed by atoms with Crippen LogP contribution in [0.1, 0.15) is 5.56 Å². The number of hydrogen-bond donors (Lipinski definition) is 1. The Bertz CT molecular complexity index is 1640. The third-order valence-corrected chi connectivity index (χ3v) is 5.82. The Balaban J connectivity index is 1.50. The number of rotatable bonds is 7. The molecule has 178 valence electrons. The number of carbonyl (C=O) groups excluding carboxylic acids is 1. The molecular formula is C28H21ClN4O3. The summed E-state index contributed by atoms with van der Waals surface area (Å²) in [7, 11) is 0. The standard InChI is InChI=1S/C28H21ClN4O3/c1-2-27(34)31-21-7-4-8-23(16-21)33-25-13-14-30-17-26(25)32(28(33)35)22-9-11-24(12-10-22)36-18-19-5-3-6-20(29)15-19/h2-17H,1,18H2,(H,31,34). The summed E-state index contributed by atoms with van der Waals surface area (Å²) in [6.07, 6.45) is 4.48. The minimum atomic E-state index is -0.330. The molecule has 0 atom stereocenters. The van der Waals surface area contributed by atoms with Crippen LogP contribution in [0.4, 0.5) is 5.69 Å². The minimum Gasteiger partial charge on any atom is -0.489 e. The monoisotopic (exact) mass is 496 g/mol. The molecule has 0 saturated carbocycles. The van der Waals surface area contributed by atoms with Gasteiger partial charge in [0.15, 0.2) is 0 Å². The number of hydrogen-bond acceptors (Lipinski definition) is 4. The Morgan fingerprint density at radius 3 is 2.53 bits per heavy atom. The van der Waals surface area contributed by atoms with E-state index in [2.05, 4.69) is 16.9 Å². The van der Waals surface area contributed by atoms with E-state index in [-0.39, 0.29) is 11.6 Å². The molecule has 0 spiro atoms. The van der Waals surface area contributed by atoms with Crippen LogP contribution < -0.4 is 15.7 Å². The number of anilines is 1. The normalized spacial score (nSPS) is 10.8. The number of pyridine rings is 1. The summed E-state index contributed by atoms with van der Waals surface area (Å²) < 4.78 is 9.06. The number of imidazole rings is 1. The highest BCUT2D eigenvalue weighted by molar-refractivity contribution is 6.30. The van der Waals surface area contributed by atoms with Crippen molar-refractivity contribution in [2.75, 3.05) is 5.32 Å². The summed E-state index contributed by atoms with van der Waals surface area (Å²) >= 11 is 6.04. The zero-order chi connectivity index (χ0) is 25.1. The van der Waals surface area contributed by atoms with Crippen molar-refractivity contribution in [3.05, 3.63) is 125 Å². The van der Waals surface area contributed by atoms with E-state index in [1.165, 1.54) is 6.08 Å². The van der Waals surface area contributed by atoms with Crippen LogP contribution in [0.2, 0.25) is 5.02 Å². The van der Waals surface area contributed by atoms with Crippen LogP contribution in [0, 0.1) is 0 Å². The topological polar surface area (TPSA) is 78.2 Å². The number of halogens is 1. The number of carbonyl (C=O) groups is 1. The first-order valence-corrected chi connectivity index (χ1v) is 11.5. The number of amides is 1.